The van der Waals surface area contributed by atoms with Gasteiger partial charge < -0.3 is 5.73 Å². The van der Waals surface area contributed by atoms with Crippen molar-refractivity contribution in [2.45, 2.75) is 0 Å². The number of pyridine rings is 1. The van der Waals surface area contributed by atoms with Gasteiger partial charge in [-0.3, -0.25) is 0 Å². The fourth-order valence-electron chi connectivity index (χ4n) is 0.624. The molecule has 1 aromatic rings. The van der Waals surface area contributed by atoms with E-state index in [0.29, 0.717) is 5.56 Å². The van der Waals surface area contributed by atoms with Crippen molar-refractivity contribution in [2.75, 3.05) is 5.73 Å². The standard InChI is InChI=1S/C7H4FIN2S/c8-6-3-5(1-2-12-9)7(10)11-4-6/h3-4H,(H2,10,11). The van der Waals surface area contributed by atoms with E-state index < -0.39 is 5.82 Å². The maximum Gasteiger partial charge on any atom is 0.142 e. The average molecular weight is 294 g/mol. The Labute approximate surface area is 85.7 Å². The number of nitrogens with zero attached hydrogens (tertiary/aromatic N) is 1. The molecule has 0 spiro atoms. The first kappa shape index (κ1) is 9.61. The molecule has 5 heteroatoms. The second-order valence-corrected chi connectivity index (χ2v) is 3.57. The first-order valence-electron chi connectivity index (χ1n) is 2.93. The Bertz CT molecular complexity index is 345. The minimum atomic E-state index is -0.424. The lowest BCUT2D eigenvalue weighted by molar-refractivity contribution is 0.621. The Kier molecular flexibility index (Phi) is 3.62. The molecule has 0 bridgehead atoms. The van der Waals surface area contributed by atoms with E-state index in [0.717, 1.165) is 6.20 Å². The Morgan fingerprint density at radius 2 is 2.42 bits per heavy atom. The molecule has 12 heavy (non-hydrogen) atoms. The molecule has 0 unspecified atom stereocenters. The van der Waals surface area contributed by atoms with Crippen LogP contribution in [0.2, 0.25) is 0 Å². The molecule has 0 atom stereocenters. The molecule has 2 nitrogen and oxygen atoms in total. The fourth-order valence-corrected chi connectivity index (χ4v) is 1.10. The van der Waals surface area contributed by atoms with E-state index >= 15 is 0 Å². The van der Waals surface area contributed by atoms with Crippen molar-refractivity contribution in [3.63, 3.8) is 0 Å². The number of aromatic nitrogens is 1. The van der Waals surface area contributed by atoms with Crippen LogP contribution in [0.3, 0.4) is 0 Å². The SMILES string of the molecule is Nc1ncc(F)cc1C#CSI. The summed E-state index contributed by atoms with van der Waals surface area (Å²) in [5.41, 5.74) is 5.87. The molecule has 0 aromatic carbocycles. The monoisotopic (exact) mass is 294 g/mol. The Morgan fingerprint density at radius 1 is 1.67 bits per heavy atom. The van der Waals surface area contributed by atoms with Crippen LogP contribution in [-0.4, -0.2) is 4.98 Å². The molecule has 0 saturated carbocycles. The number of hydrogen-bond donors (Lipinski definition) is 1. The molecule has 0 saturated heterocycles. The van der Waals surface area contributed by atoms with Crippen LogP contribution in [0.5, 0.6) is 0 Å². The molecule has 1 heterocycles. The summed E-state index contributed by atoms with van der Waals surface area (Å²) in [4.78, 5) is 3.62. The molecule has 2 N–H and O–H groups in total. The summed E-state index contributed by atoms with van der Waals surface area (Å²) >= 11 is 2.02. The minimum Gasteiger partial charge on any atom is -0.383 e. The van der Waals surface area contributed by atoms with Crippen LogP contribution < -0.4 is 5.73 Å². The summed E-state index contributed by atoms with van der Waals surface area (Å²) < 4.78 is 12.6. The molecule has 1 aromatic heterocycles. The highest BCUT2D eigenvalue weighted by molar-refractivity contribution is 14.2. The third kappa shape index (κ3) is 2.53. The van der Waals surface area contributed by atoms with Crippen molar-refractivity contribution in [3.05, 3.63) is 23.6 Å². The van der Waals surface area contributed by atoms with Crippen molar-refractivity contribution in [2.24, 2.45) is 0 Å². The van der Waals surface area contributed by atoms with Gasteiger partial charge in [-0.15, -0.1) is 0 Å². The highest BCUT2D eigenvalue weighted by Crippen LogP contribution is 2.11. The largest absolute Gasteiger partial charge is 0.383 e. The van der Waals surface area contributed by atoms with Gasteiger partial charge in [0, 0.05) is 21.2 Å². The summed E-state index contributed by atoms with van der Waals surface area (Å²) in [5.74, 6) is 2.52. The predicted molar refractivity (Wildman–Crippen MR) is 57.1 cm³/mol. The van der Waals surface area contributed by atoms with Crippen molar-refractivity contribution < 1.29 is 4.39 Å². The van der Waals surface area contributed by atoms with Gasteiger partial charge in [-0.25, -0.2) is 9.37 Å². The summed E-state index contributed by atoms with van der Waals surface area (Å²) in [6, 6.07) is 1.27. The van der Waals surface area contributed by atoms with E-state index in [-0.39, 0.29) is 5.82 Å². The zero-order valence-electron chi connectivity index (χ0n) is 5.84. The average Bonchev–Trinajstić information content (AvgIpc) is 2.07. The molecule has 0 aliphatic rings. The molecule has 0 aliphatic heterocycles. The van der Waals surface area contributed by atoms with Gasteiger partial charge in [-0.05, 0) is 20.3 Å². The lowest BCUT2D eigenvalue weighted by Gasteiger charge is -1.94. The Balaban J connectivity index is 3.05. The lowest BCUT2D eigenvalue weighted by Crippen LogP contribution is -1.94. The van der Waals surface area contributed by atoms with Gasteiger partial charge in [-0.2, -0.15) is 0 Å². The fraction of sp³-hybridized carbons (Fsp3) is 0. The molecule has 0 radical (unpaired) electrons. The zero-order valence-corrected chi connectivity index (χ0v) is 8.82. The third-order valence-electron chi connectivity index (χ3n) is 1.11. The van der Waals surface area contributed by atoms with E-state index in [1.165, 1.54) is 15.0 Å². The molecule has 1 rings (SSSR count). The van der Waals surface area contributed by atoms with Crippen LogP contribution in [0.15, 0.2) is 12.3 Å². The second kappa shape index (κ2) is 4.52. The smallest absolute Gasteiger partial charge is 0.142 e. The molecule has 0 fully saturated rings. The van der Waals surface area contributed by atoms with Crippen molar-refractivity contribution in [1.29, 1.82) is 0 Å². The van der Waals surface area contributed by atoms with Crippen LogP contribution in [0, 0.1) is 17.0 Å². The van der Waals surface area contributed by atoms with Gasteiger partial charge in [0.15, 0.2) is 0 Å². The van der Waals surface area contributed by atoms with Gasteiger partial charge in [0.05, 0.1) is 11.8 Å². The number of nitrogen functional groups attached to an aromatic ring is 1. The van der Waals surface area contributed by atoms with Crippen LogP contribution in [0.1, 0.15) is 5.56 Å². The normalized spacial score (nSPS) is 8.83. The summed E-state index contributed by atoms with van der Waals surface area (Å²) in [7, 11) is 1.31. The van der Waals surface area contributed by atoms with E-state index in [1.807, 2.05) is 21.2 Å². The lowest BCUT2D eigenvalue weighted by atomic mass is 10.3. The second-order valence-electron chi connectivity index (χ2n) is 1.89. The van der Waals surface area contributed by atoms with Gasteiger partial charge in [-0.1, -0.05) is 5.92 Å². The summed E-state index contributed by atoms with van der Waals surface area (Å²) in [6.07, 6.45) is 1.07. The first-order valence-corrected chi connectivity index (χ1v) is 6.29. The molecule has 62 valence electrons. The highest BCUT2D eigenvalue weighted by atomic mass is 127. The minimum absolute atomic E-state index is 0.259. The third-order valence-corrected chi connectivity index (χ3v) is 1.95. The zero-order chi connectivity index (χ0) is 8.97. The van der Waals surface area contributed by atoms with Crippen molar-refractivity contribution in [3.8, 4) is 11.2 Å². The molecule has 0 amide bonds. The van der Waals surface area contributed by atoms with Gasteiger partial charge in [0.2, 0.25) is 0 Å². The number of nitrogens with two attached hydrogens (primary N) is 1. The van der Waals surface area contributed by atoms with Crippen molar-refractivity contribution >= 4 is 36.0 Å². The number of halogens is 2. The first-order chi connectivity index (χ1) is 5.74. The maximum absolute atomic E-state index is 12.6. The molecular formula is C7H4FIN2S. The quantitative estimate of drug-likeness (QED) is 0.589. The maximum atomic E-state index is 12.6. The van der Waals surface area contributed by atoms with Gasteiger partial charge in [0.25, 0.3) is 0 Å². The van der Waals surface area contributed by atoms with E-state index in [4.69, 9.17) is 5.73 Å². The van der Waals surface area contributed by atoms with Crippen LogP contribution in [0.25, 0.3) is 0 Å². The topological polar surface area (TPSA) is 38.9 Å². The number of rotatable bonds is 0. The van der Waals surface area contributed by atoms with Crippen molar-refractivity contribution in [1.82, 2.24) is 4.98 Å². The van der Waals surface area contributed by atoms with Crippen LogP contribution >= 0.6 is 30.1 Å². The van der Waals surface area contributed by atoms with Crippen LogP contribution in [0.4, 0.5) is 10.2 Å². The predicted octanol–water partition coefficient (Wildman–Crippen LogP) is 2.20. The van der Waals surface area contributed by atoms with E-state index in [1.54, 1.807) is 0 Å². The molecule has 0 aliphatic carbocycles. The van der Waals surface area contributed by atoms with Gasteiger partial charge in [0.1, 0.15) is 11.6 Å². The number of anilines is 1. The van der Waals surface area contributed by atoms with E-state index in [9.17, 15) is 4.39 Å². The number of hydrogen-bond acceptors (Lipinski definition) is 3. The van der Waals surface area contributed by atoms with E-state index in [2.05, 4.69) is 16.2 Å². The Morgan fingerprint density at radius 3 is 3.08 bits per heavy atom. The Hall–Kier alpha value is -0.480. The summed E-state index contributed by atoms with van der Waals surface area (Å²) in [6.45, 7) is 0. The van der Waals surface area contributed by atoms with Crippen LogP contribution in [-0.2, 0) is 0 Å². The highest BCUT2D eigenvalue weighted by Gasteiger charge is 1.98. The molecular weight excluding hydrogens is 290 g/mol. The van der Waals surface area contributed by atoms with Gasteiger partial charge >= 0.3 is 0 Å². The summed E-state index contributed by atoms with van der Waals surface area (Å²) in [5, 5.41) is 2.70.